The van der Waals surface area contributed by atoms with Crippen molar-refractivity contribution in [2.75, 3.05) is 11.9 Å². The smallest absolute Gasteiger partial charge is 0.338 e. The molecular formula is C23H24N2O5. The number of nitrogens with one attached hydrogen (secondary N) is 1. The molecule has 1 aliphatic heterocycles. The highest BCUT2D eigenvalue weighted by Gasteiger charge is 2.67. The molecule has 2 saturated carbocycles. The molecule has 0 aromatic heterocycles. The van der Waals surface area contributed by atoms with Crippen molar-refractivity contribution in [2.45, 2.75) is 26.3 Å². The second-order valence-electron chi connectivity index (χ2n) is 8.66. The van der Waals surface area contributed by atoms with Gasteiger partial charge in [-0.2, -0.15) is 0 Å². The van der Waals surface area contributed by atoms with Crippen molar-refractivity contribution < 1.29 is 23.9 Å². The third-order valence-electron chi connectivity index (χ3n) is 7.13. The van der Waals surface area contributed by atoms with Crippen LogP contribution in [0.3, 0.4) is 0 Å². The van der Waals surface area contributed by atoms with Gasteiger partial charge in [0.15, 0.2) is 0 Å². The maximum absolute atomic E-state index is 13.1. The standard InChI is InChI=1S/C23H24N2O5/c1-3-30-23(29)12-4-6-13(7-5-12)24-20(26)11(2)25-21(27)18-14-8-9-15(17-10-16(14)17)19(18)22(25)28/h4-9,11,14-19H,3,10H2,1-2H3,(H,24,26)/t11-,14-,15-,16-,17+,18+,19+/m0/s1. The first-order chi connectivity index (χ1) is 14.4. The van der Waals surface area contributed by atoms with Gasteiger partial charge in [0.25, 0.3) is 0 Å². The summed E-state index contributed by atoms with van der Waals surface area (Å²) in [6.07, 6.45) is 5.34. The van der Waals surface area contributed by atoms with Crippen molar-refractivity contribution in [2.24, 2.45) is 35.5 Å². The van der Waals surface area contributed by atoms with Crippen LogP contribution in [-0.4, -0.2) is 41.2 Å². The number of hydrogen-bond donors (Lipinski definition) is 1. The molecule has 0 radical (unpaired) electrons. The van der Waals surface area contributed by atoms with Gasteiger partial charge in [0.05, 0.1) is 24.0 Å². The molecule has 1 aromatic rings. The fourth-order valence-electron chi connectivity index (χ4n) is 5.63. The van der Waals surface area contributed by atoms with Crippen LogP contribution in [-0.2, 0) is 19.1 Å². The number of imide groups is 1. The molecule has 156 valence electrons. The van der Waals surface area contributed by atoms with E-state index in [1.165, 1.54) is 4.90 Å². The highest BCUT2D eigenvalue weighted by molar-refractivity contribution is 6.10. The Labute approximate surface area is 174 Å². The molecule has 0 spiro atoms. The number of anilines is 1. The lowest BCUT2D eigenvalue weighted by atomic mass is 9.63. The number of hydrogen-bond acceptors (Lipinski definition) is 5. The molecule has 6 rings (SSSR count). The van der Waals surface area contributed by atoms with E-state index < -0.39 is 17.9 Å². The van der Waals surface area contributed by atoms with E-state index in [0.717, 1.165) is 6.42 Å². The first-order valence-electron chi connectivity index (χ1n) is 10.6. The molecule has 1 saturated heterocycles. The van der Waals surface area contributed by atoms with Crippen LogP contribution in [0.5, 0.6) is 0 Å². The molecule has 1 N–H and O–H groups in total. The Hall–Kier alpha value is -2.96. The Balaban J connectivity index is 1.29. The zero-order valence-corrected chi connectivity index (χ0v) is 16.9. The minimum atomic E-state index is -0.893. The number of carbonyl (C=O) groups excluding carboxylic acids is 4. The Bertz CT molecular complexity index is 932. The summed E-state index contributed by atoms with van der Waals surface area (Å²) in [4.78, 5) is 52.0. The van der Waals surface area contributed by atoms with E-state index in [1.54, 1.807) is 38.1 Å². The predicted octanol–water partition coefficient (Wildman–Crippen LogP) is 2.24. The van der Waals surface area contributed by atoms with Crippen LogP contribution < -0.4 is 5.32 Å². The number of likely N-dealkylation sites (tertiary alicyclic amines) is 1. The quantitative estimate of drug-likeness (QED) is 0.458. The summed E-state index contributed by atoms with van der Waals surface area (Å²) in [5.74, 6) is -0.574. The van der Waals surface area contributed by atoms with Crippen molar-refractivity contribution >= 4 is 29.4 Å². The second-order valence-corrected chi connectivity index (χ2v) is 8.66. The largest absolute Gasteiger partial charge is 0.462 e. The average Bonchev–Trinajstić information content (AvgIpc) is 3.52. The van der Waals surface area contributed by atoms with Crippen molar-refractivity contribution in [1.82, 2.24) is 4.90 Å². The molecule has 1 aromatic carbocycles. The van der Waals surface area contributed by atoms with Crippen molar-refractivity contribution in [3.05, 3.63) is 42.0 Å². The molecule has 30 heavy (non-hydrogen) atoms. The molecule has 5 aliphatic rings. The molecule has 3 fully saturated rings. The highest BCUT2D eigenvalue weighted by Crippen LogP contribution is 2.65. The van der Waals surface area contributed by atoms with E-state index in [4.69, 9.17) is 4.74 Å². The molecule has 7 atom stereocenters. The Kier molecular flexibility index (Phi) is 4.31. The number of ether oxygens (including phenoxy) is 1. The molecule has 1 heterocycles. The maximum atomic E-state index is 13.1. The summed E-state index contributed by atoms with van der Waals surface area (Å²) in [5.41, 5.74) is 0.873. The average molecular weight is 408 g/mol. The molecule has 7 nitrogen and oxygen atoms in total. The predicted molar refractivity (Wildman–Crippen MR) is 107 cm³/mol. The lowest BCUT2D eigenvalue weighted by Gasteiger charge is -2.37. The van der Waals surface area contributed by atoms with Crippen molar-refractivity contribution in [1.29, 1.82) is 0 Å². The topological polar surface area (TPSA) is 92.8 Å². The van der Waals surface area contributed by atoms with Crippen LogP contribution in [0.2, 0.25) is 0 Å². The van der Waals surface area contributed by atoms with Crippen LogP contribution in [0.15, 0.2) is 36.4 Å². The van der Waals surface area contributed by atoms with E-state index >= 15 is 0 Å². The highest BCUT2D eigenvalue weighted by atomic mass is 16.5. The number of rotatable bonds is 5. The normalized spacial score (nSPS) is 33.7. The van der Waals surface area contributed by atoms with Crippen molar-refractivity contribution in [3.63, 3.8) is 0 Å². The Morgan fingerprint density at radius 2 is 1.63 bits per heavy atom. The molecule has 2 bridgehead atoms. The summed E-state index contributed by atoms with van der Waals surface area (Å²) in [7, 11) is 0. The first kappa shape index (κ1) is 19.0. The van der Waals surface area contributed by atoms with Gasteiger partial charge in [-0.3, -0.25) is 19.3 Å². The fraction of sp³-hybridized carbons (Fsp3) is 0.478. The minimum Gasteiger partial charge on any atom is -0.462 e. The van der Waals surface area contributed by atoms with Crippen LogP contribution in [0.4, 0.5) is 5.69 Å². The molecule has 0 unspecified atom stereocenters. The van der Waals surface area contributed by atoms with Crippen LogP contribution in [0.25, 0.3) is 0 Å². The number of allylic oxidation sites excluding steroid dienone is 2. The fourth-order valence-corrected chi connectivity index (χ4v) is 5.63. The summed E-state index contributed by atoms with van der Waals surface area (Å²) < 4.78 is 4.94. The molecular weight excluding hydrogens is 384 g/mol. The zero-order chi connectivity index (χ0) is 21.2. The third kappa shape index (κ3) is 2.71. The van der Waals surface area contributed by atoms with Gasteiger partial charge < -0.3 is 10.1 Å². The Morgan fingerprint density at radius 1 is 1.07 bits per heavy atom. The van der Waals surface area contributed by atoms with E-state index in [2.05, 4.69) is 17.5 Å². The van der Waals surface area contributed by atoms with Gasteiger partial charge in [-0.25, -0.2) is 4.79 Å². The monoisotopic (exact) mass is 408 g/mol. The third-order valence-corrected chi connectivity index (χ3v) is 7.13. The summed E-state index contributed by atoms with van der Waals surface area (Å²) in [5, 5.41) is 2.74. The lowest BCUT2D eigenvalue weighted by molar-refractivity contribution is -0.146. The number of nitrogens with zero attached hydrogens (tertiary/aromatic N) is 1. The van der Waals surface area contributed by atoms with E-state index in [1.807, 2.05) is 0 Å². The number of amides is 3. The van der Waals surface area contributed by atoms with E-state index in [-0.39, 0.29) is 42.1 Å². The SMILES string of the molecule is CCOC(=O)c1ccc(NC(=O)[C@H](C)N2C(=O)[C@@H]3[C@H]4C=C[C@@H]([C@@H]5C[C@H]45)[C@H]3C2=O)cc1. The van der Waals surface area contributed by atoms with Gasteiger partial charge in [0, 0.05) is 5.69 Å². The van der Waals surface area contributed by atoms with Crippen LogP contribution in [0, 0.1) is 35.5 Å². The van der Waals surface area contributed by atoms with Gasteiger partial charge in [0.2, 0.25) is 17.7 Å². The van der Waals surface area contributed by atoms with Gasteiger partial charge in [-0.1, -0.05) is 12.2 Å². The summed E-state index contributed by atoms with van der Waals surface area (Å²) >= 11 is 0. The molecule has 3 amide bonds. The summed E-state index contributed by atoms with van der Waals surface area (Å²) in [6.45, 7) is 3.61. The number of carbonyl (C=O) groups is 4. The van der Waals surface area contributed by atoms with E-state index in [9.17, 15) is 19.2 Å². The van der Waals surface area contributed by atoms with Crippen LogP contribution >= 0.6 is 0 Å². The van der Waals surface area contributed by atoms with Crippen LogP contribution in [0.1, 0.15) is 30.6 Å². The van der Waals surface area contributed by atoms with Crippen molar-refractivity contribution in [3.8, 4) is 0 Å². The minimum absolute atomic E-state index is 0.136. The lowest BCUT2D eigenvalue weighted by Crippen LogP contribution is -2.46. The Morgan fingerprint density at radius 3 is 2.17 bits per heavy atom. The first-order valence-corrected chi connectivity index (χ1v) is 10.6. The van der Waals surface area contributed by atoms with Gasteiger partial charge in [-0.05, 0) is 68.2 Å². The number of benzene rings is 1. The number of esters is 1. The van der Waals surface area contributed by atoms with Gasteiger partial charge >= 0.3 is 5.97 Å². The summed E-state index contributed by atoms with van der Waals surface area (Å²) in [6, 6.07) is 5.43. The van der Waals surface area contributed by atoms with Gasteiger partial charge in [-0.15, -0.1) is 0 Å². The second kappa shape index (κ2) is 6.79. The molecule has 7 heteroatoms. The maximum Gasteiger partial charge on any atom is 0.338 e. The van der Waals surface area contributed by atoms with E-state index in [0.29, 0.717) is 23.1 Å². The zero-order valence-electron chi connectivity index (χ0n) is 16.9. The molecule has 4 aliphatic carbocycles. The van der Waals surface area contributed by atoms with Gasteiger partial charge in [0.1, 0.15) is 6.04 Å².